The number of aliphatic hydroxyl groups excluding tert-OH is 1. The normalized spacial score (nSPS) is 18.8. The van der Waals surface area contributed by atoms with Crippen molar-refractivity contribution in [3.63, 3.8) is 0 Å². The lowest BCUT2D eigenvalue weighted by Gasteiger charge is -2.20. The number of methoxy groups -OCH3 is 1. The van der Waals surface area contributed by atoms with Gasteiger partial charge in [0.1, 0.15) is 5.75 Å². The number of fused-ring (bicyclic) bond motifs is 1. The fourth-order valence-electron chi connectivity index (χ4n) is 3.48. The van der Waals surface area contributed by atoms with Crippen molar-refractivity contribution >= 4 is 22.7 Å². The van der Waals surface area contributed by atoms with E-state index in [1.807, 2.05) is 0 Å². The molecule has 8 heteroatoms. The zero-order valence-electron chi connectivity index (χ0n) is 17.0. The number of nitrogens with one attached hydrogen (secondary N) is 2. The molecule has 2 heterocycles. The van der Waals surface area contributed by atoms with E-state index < -0.39 is 23.6 Å². The van der Waals surface area contributed by atoms with Gasteiger partial charge in [-0.3, -0.25) is 10.1 Å². The summed E-state index contributed by atoms with van der Waals surface area (Å²) in [4.78, 5) is 24.6. The van der Waals surface area contributed by atoms with E-state index in [4.69, 9.17) is 4.74 Å². The number of aliphatic hydroxyl groups is 1. The summed E-state index contributed by atoms with van der Waals surface area (Å²) in [6.07, 6.45) is 1.08. The van der Waals surface area contributed by atoms with E-state index in [-0.39, 0.29) is 12.4 Å². The number of benzene rings is 2. The Balaban J connectivity index is 1.71. The molecule has 1 fully saturated rings. The third kappa shape index (κ3) is 3.79. The van der Waals surface area contributed by atoms with Crippen molar-refractivity contribution in [3.8, 4) is 23.5 Å². The number of carbonyl (C=O) groups excluding carboxylic acids is 2. The number of aromatic hydroxyl groups is 1. The molecule has 0 bridgehead atoms. The van der Waals surface area contributed by atoms with Gasteiger partial charge in [0.05, 0.1) is 19.8 Å². The van der Waals surface area contributed by atoms with Crippen LogP contribution in [-0.2, 0) is 11.3 Å². The molecule has 1 saturated heterocycles. The van der Waals surface area contributed by atoms with Gasteiger partial charge in [0.2, 0.25) is 5.54 Å². The van der Waals surface area contributed by atoms with Gasteiger partial charge in [-0.1, -0.05) is 24.0 Å². The Morgan fingerprint density at radius 1 is 1.19 bits per heavy atom. The van der Waals surface area contributed by atoms with Gasteiger partial charge in [-0.25, -0.2) is 4.79 Å². The van der Waals surface area contributed by atoms with Gasteiger partial charge in [0.25, 0.3) is 5.91 Å². The van der Waals surface area contributed by atoms with Crippen LogP contribution in [0.15, 0.2) is 48.7 Å². The zero-order valence-corrected chi connectivity index (χ0v) is 17.0. The van der Waals surface area contributed by atoms with Gasteiger partial charge < -0.3 is 24.8 Å². The zero-order chi connectivity index (χ0) is 22.2. The maximum atomic E-state index is 12.7. The molecular formula is C23H21N3O5. The molecule has 31 heavy (non-hydrogen) atoms. The van der Waals surface area contributed by atoms with Crippen molar-refractivity contribution in [2.75, 3.05) is 7.11 Å². The topological polar surface area (TPSA) is 113 Å². The molecule has 4 rings (SSSR count). The number of hydrogen-bond donors (Lipinski definition) is 4. The molecule has 0 radical (unpaired) electrons. The highest BCUT2D eigenvalue weighted by Gasteiger charge is 2.46. The summed E-state index contributed by atoms with van der Waals surface area (Å²) in [6.45, 7) is 1.57. The molecule has 1 aliphatic rings. The second-order valence-corrected chi connectivity index (χ2v) is 7.40. The smallest absolute Gasteiger partial charge is 0.323 e. The molecule has 3 aromatic rings. The number of rotatable bonds is 4. The first-order valence-corrected chi connectivity index (χ1v) is 9.62. The highest BCUT2D eigenvalue weighted by molar-refractivity contribution is 6.09. The molecular weight excluding hydrogens is 398 g/mol. The third-order valence-electron chi connectivity index (χ3n) is 5.23. The van der Waals surface area contributed by atoms with Crippen LogP contribution < -0.4 is 15.4 Å². The molecule has 8 nitrogen and oxygen atoms in total. The van der Waals surface area contributed by atoms with Crippen LogP contribution in [0.2, 0.25) is 0 Å². The van der Waals surface area contributed by atoms with Crippen molar-refractivity contribution in [3.05, 3.63) is 59.8 Å². The molecule has 0 saturated carbocycles. The van der Waals surface area contributed by atoms with Crippen LogP contribution in [0.1, 0.15) is 24.2 Å². The summed E-state index contributed by atoms with van der Waals surface area (Å²) in [6, 6.07) is 11.5. The molecule has 1 unspecified atom stereocenters. The number of ether oxygens (including phenoxy) is 1. The standard InChI is InChI=1S/C23H21N3O5/c1-14(27)16-5-3-15(4-6-16)9-10-23(21(29)24-22(30)25-23)13-26-12-17-7-8-18(31-2)11-19(17)20(26)28/h3-8,11-12,14,27-28H,13H2,1-2H3,(H2,24,25,29,30)/t14?,23-/m0/s1. The van der Waals surface area contributed by atoms with Crippen LogP contribution in [-0.4, -0.2) is 39.4 Å². The minimum Gasteiger partial charge on any atom is -0.497 e. The lowest BCUT2D eigenvalue weighted by Crippen LogP contribution is -2.49. The minimum absolute atomic E-state index is 0.0645. The first-order valence-electron chi connectivity index (χ1n) is 9.62. The average molecular weight is 419 g/mol. The molecule has 1 aliphatic heterocycles. The van der Waals surface area contributed by atoms with E-state index in [0.29, 0.717) is 16.7 Å². The minimum atomic E-state index is -1.56. The Hall–Kier alpha value is -3.96. The van der Waals surface area contributed by atoms with Crippen LogP contribution in [0.25, 0.3) is 10.8 Å². The fraction of sp³-hybridized carbons (Fsp3) is 0.217. The summed E-state index contributed by atoms with van der Waals surface area (Å²) < 4.78 is 6.67. The Kier molecular flexibility index (Phi) is 5.05. The van der Waals surface area contributed by atoms with Crippen LogP contribution in [0.4, 0.5) is 4.79 Å². The van der Waals surface area contributed by atoms with E-state index >= 15 is 0 Å². The highest BCUT2D eigenvalue weighted by atomic mass is 16.5. The second-order valence-electron chi connectivity index (χ2n) is 7.40. The molecule has 3 amide bonds. The lowest BCUT2D eigenvalue weighted by molar-refractivity contribution is -0.122. The molecule has 2 aromatic carbocycles. The summed E-state index contributed by atoms with van der Waals surface area (Å²) in [5, 5.41) is 26.4. The van der Waals surface area contributed by atoms with Gasteiger partial charge >= 0.3 is 6.03 Å². The number of amides is 3. The van der Waals surface area contributed by atoms with Crippen molar-refractivity contribution in [2.24, 2.45) is 0 Å². The van der Waals surface area contributed by atoms with Crippen LogP contribution >= 0.6 is 0 Å². The van der Waals surface area contributed by atoms with Crippen LogP contribution in [0, 0.1) is 11.8 Å². The van der Waals surface area contributed by atoms with Crippen molar-refractivity contribution in [1.82, 2.24) is 15.2 Å². The highest BCUT2D eigenvalue weighted by Crippen LogP contribution is 2.32. The Bertz CT molecular complexity index is 1230. The van der Waals surface area contributed by atoms with E-state index in [2.05, 4.69) is 22.5 Å². The Morgan fingerprint density at radius 3 is 2.55 bits per heavy atom. The van der Waals surface area contributed by atoms with Crippen molar-refractivity contribution in [2.45, 2.75) is 25.1 Å². The van der Waals surface area contributed by atoms with E-state index in [1.54, 1.807) is 55.6 Å². The van der Waals surface area contributed by atoms with Gasteiger partial charge in [-0.15, -0.1) is 0 Å². The predicted octanol–water partition coefficient (Wildman–Crippen LogP) is 2.04. The van der Waals surface area contributed by atoms with Gasteiger partial charge in [0.15, 0.2) is 5.88 Å². The Labute approximate surface area is 178 Å². The predicted molar refractivity (Wildman–Crippen MR) is 114 cm³/mol. The second kappa shape index (κ2) is 7.70. The lowest BCUT2D eigenvalue weighted by atomic mass is 9.99. The number of carbonyl (C=O) groups is 2. The Morgan fingerprint density at radius 2 is 1.94 bits per heavy atom. The molecule has 4 N–H and O–H groups in total. The van der Waals surface area contributed by atoms with Gasteiger partial charge in [-0.05, 0) is 42.8 Å². The quantitative estimate of drug-likeness (QED) is 0.382. The average Bonchev–Trinajstić information content (AvgIpc) is 3.21. The van der Waals surface area contributed by atoms with Gasteiger partial charge in [0, 0.05) is 22.5 Å². The monoisotopic (exact) mass is 419 g/mol. The first kappa shape index (κ1) is 20.3. The number of urea groups is 1. The van der Waals surface area contributed by atoms with E-state index in [9.17, 15) is 19.8 Å². The largest absolute Gasteiger partial charge is 0.497 e. The summed E-state index contributed by atoms with van der Waals surface area (Å²) in [5.74, 6) is 5.71. The van der Waals surface area contributed by atoms with Crippen LogP contribution in [0.5, 0.6) is 11.6 Å². The number of nitrogens with zero attached hydrogens (tertiary/aromatic N) is 1. The summed E-state index contributed by atoms with van der Waals surface area (Å²) in [7, 11) is 1.53. The molecule has 0 spiro atoms. The molecule has 0 aliphatic carbocycles. The maximum Gasteiger partial charge on any atom is 0.323 e. The van der Waals surface area contributed by atoms with Crippen molar-refractivity contribution < 1.29 is 24.5 Å². The maximum absolute atomic E-state index is 12.7. The summed E-state index contributed by atoms with van der Waals surface area (Å²) in [5.41, 5.74) is -0.202. The SMILES string of the molecule is COc1ccc2cn(C[C@]3(C#Cc4ccc(C(C)O)cc4)NC(=O)NC3=O)c(O)c2c1. The van der Waals surface area contributed by atoms with E-state index in [1.165, 1.54) is 11.7 Å². The number of hydrogen-bond acceptors (Lipinski definition) is 5. The molecule has 2 atom stereocenters. The number of aromatic nitrogens is 1. The van der Waals surface area contributed by atoms with E-state index in [0.717, 1.165) is 10.9 Å². The number of imide groups is 1. The molecule has 1 aromatic heterocycles. The fourth-order valence-corrected chi connectivity index (χ4v) is 3.48. The van der Waals surface area contributed by atoms with Crippen LogP contribution in [0.3, 0.4) is 0 Å². The third-order valence-corrected chi connectivity index (χ3v) is 5.23. The first-order chi connectivity index (χ1) is 14.8. The molecule has 158 valence electrons. The van der Waals surface area contributed by atoms with Gasteiger partial charge in [-0.2, -0.15) is 0 Å². The summed E-state index contributed by atoms with van der Waals surface area (Å²) >= 11 is 0. The van der Waals surface area contributed by atoms with Crippen molar-refractivity contribution in [1.29, 1.82) is 0 Å².